The molecule has 0 radical (unpaired) electrons. The first-order chi connectivity index (χ1) is 9.58. The van der Waals surface area contributed by atoms with Crippen LogP contribution in [0.25, 0.3) is 5.69 Å². The maximum absolute atomic E-state index is 9.19. The molecule has 0 aliphatic heterocycles. The number of nitriles is 1. The van der Waals surface area contributed by atoms with Crippen LogP contribution < -0.4 is 15.4 Å². The number of aromatic nitrogens is 2. The number of hydrogen-bond acceptors (Lipinski definition) is 5. The highest BCUT2D eigenvalue weighted by Crippen LogP contribution is 2.26. The van der Waals surface area contributed by atoms with Gasteiger partial charge in [-0.1, -0.05) is 0 Å². The molecule has 0 spiro atoms. The Morgan fingerprint density at radius 1 is 1.35 bits per heavy atom. The van der Waals surface area contributed by atoms with Crippen LogP contribution in [0.5, 0.6) is 5.75 Å². The minimum absolute atomic E-state index is 0.334. The predicted molar refractivity (Wildman–Crippen MR) is 78.2 cm³/mol. The fraction of sp³-hybridized carbons (Fsp3) is 0.286. The molecule has 2 N–H and O–H groups in total. The molecule has 0 unspecified atom stereocenters. The first-order valence-corrected chi connectivity index (χ1v) is 6.27. The molecule has 0 atom stereocenters. The van der Waals surface area contributed by atoms with Crippen molar-refractivity contribution in [3.8, 4) is 17.5 Å². The minimum atomic E-state index is 0.334. The molecule has 1 heterocycles. The number of ether oxygens (including phenoxy) is 1. The van der Waals surface area contributed by atoms with Crippen LogP contribution in [0.3, 0.4) is 0 Å². The van der Waals surface area contributed by atoms with Crippen LogP contribution in [0.15, 0.2) is 24.3 Å². The van der Waals surface area contributed by atoms with Crippen molar-refractivity contribution < 1.29 is 4.74 Å². The van der Waals surface area contributed by atoms with Crippen LogP contribution in [0.4, 0.5) is 11.6 Å². The molecule has 0 amide bonds. The van der Waals surface area contributed by atoms with Crippen LogP contribution >= 0.6 is 0 Å². The second-order valence-electron chi connectivity index (χ2n) is 4.43. The van der Waals surface area contributed by atoms with Gasteiger partial charge in [0.2, 0.25) is 0 Å². The van der Waals surface area contributed by atoms with Crippen LogP contribution in [0.2, 0.25) is 0 Å². The van der Waals surface area contributed by atoms with E-state index in [1.807, 2.05) is 45.3 Å². The number of anilines is 2. The lowest BCUT2D eigenvalue weighted by atomic mass is 10.3. The van der Waals surface area contributed by atoms with E-state index >= 15 is 0 Å². The Morgan fingerprint density at radius 2 is 2.00 bits per heavy atom. The van der Waals surface area contributed by atoms with Crippen molar-refractivity contribution in [3.05, 3.63) is 29.8 Å². The highest BCUT2D eigenvalue weighted by Gasteiger charge is 2.17. The number of hydrogen-bond donors (Lipinski definition) is 1. The Labute approximate surface area is 118 Å². The maximum Gasteiger partial charge on any atom is 0.170 e. The number of rotatable bonds is 4. The van der Waals surface area contributed by atoms with E-state index in [1.54, 1.807) is 9.58 Å². The second kappa shape index (κ2) is 5.53. The van der Waals surface area contributed by atoms with Crippen LogP contribution in [-0.2, 0) is 0 Å². The van der Waals surface area contributed by atoms with Gasteiger partial charge in [-0.05, 0) is 31.2 Å². The lowest BCUT2D eigenvalue weighted by molar-refractivity contribution is 0.340. The van der Waals surface area contributed by atoms with Gasteiger partial charge in [-0.2, -0.15) is 5.26 Å². The summed E-state index contributed by atoms with van der Waals surface area (Å²) in [6, 6.07) is 9.50. The van der Waals surface area contributed by atoms with Crippen molar-refractivity contribution in [2.24, 2.45) is 0 Å². The summed E-state index contributed by atoms with van der Waals surface area (Å²) in [4.78, 5) is 1.76. The van der Waals surface area contributed by atoms with E-state index < -0.39 is 0 Å². The highest BCUT2D eigenvalue weighted by atomic mass is 16.5. The van der Waals surface area contributed by atoms with Crippen LogP contribution in [0, 0.1) is 11.3 Å². The molecule has 0 saturated heterocycles. The molecule has 2 aromatic rings. The topological polar surface area (TPSA) is 80.1 Å². The quantitative estimate of drug-likeness (QED) is 0.917. The SMILES string of the molecule is CCOc1ccc(-n2nc(N(C)C)c(C#N)c2N)cc1. The third-order valence-electron chi connectivity index (χ3n) is 2.83. The van der Waals surface area contributed by atoms with Crippen molar-refractivity contribution >= 4 is 11.6 Å². The van der Waals surface area contributed by atoms with Gasteiger partial charge in [0.25, 0.3) is 0 Å². The van der Waals surface area contributed by atoms with Crippen molar-refractivity contribution in [2.45, 2.75) is 6.92 Å². The van der Waals surface area contributed by atoms with Gasteiger partial charge < -0.3 is 15.4 Å². The molecule has 2 rings (SSSR count). The smallest absolute Gasteiger partial charge is 0.170 e. The van der Waals surface area contributed by atoms with Gasteiger partial charge in [0.05, 0.1) is 12.3 Å². The van der Waals surface area contributed by atoms with Crippen LogP contribution in [0.1, 0.15) is 12.5 Å². The Kier molecular flexibility index (Phi) is 3.80. The van der Waals surface area contributed by atoms with Gasteiger partial charge in [0, 0.05) is 14.1 Å². The van der Waals surface area contributed by atoms with E-state index in [0.29, 0.717) is 23.8 Å². The molecular weight excluding hydrogens is 254 g/mol. The Morgan fingerprint density at radius 3 is 2.45 bits per heavy atom. The summed E-state index contributed by atoms with van der Waals surface area (Å²) in [5.74, 6) is 1.68. The Hall–Kier alpha value is -2.68. The van der Waals surface area contributed by atoms with Gasteiger partial charge in [-0.15, -0.1) is 5.10 Å². The average Bonchev–Trinajstić information content (AvgIpc) is 2.77. The molecule has 6 heteroatoms. The Balaban J connectivity index is 2.45. The Bertz CT molecular complexity index is 637. The highest BCUT2D eigenvalue weighted by molar-refractivity contribution is 5.66. The normalized spacial score (nSPS) is 10.1. The third-order valence-corrected chi connectivity index (χ3v) is 2.83. The molecule has 104 valence electrons. The lowest BCUT2D eigenvalue weighted by Gasteiger charge is -2.08. The summed E-state index contributed by atoms with van der Waals surface area (Å²) in [5.41, 5.74) is 7.17. The first-order valence-electron chi connectivity index (χ1n) is 6.27. The fourth-order valence-corrected chi connectivity index (χ4v) is 1.89. The minimum Gasteiger partial charge on any atom is -0.494 e. The van der Waals surface area contributed by atoms with Crippen molar-refractivity contribution in [3.63, 3.8) is 0 Å². The van der Waals surface area contributed by atoms with Gasteiger partial charge >= 0.3 is 0 Å². The number of benzene rings is 1. The molecule has 0 aliphatic carbocycles. The summed E-state index contributed by atoms with van der Waals surface area (Å²) in [7, 11) is 3.65. The molecule has 0 saturated carbocycles. The predicted octanol–water partition coefficient (Wildman–Crippen LogP) is 1.79. The zero-order valence-corrected chi connectivity index (χ0v) is 11.8. The van der Waals surface area contributed by atoms with E-state index in [9.17, 15) is 5.26 Å². The van der Waals surface area contributed by atoms with E-state index in [2.05, 4.69) is 11.2 Å². The van der Waals surface area contributed by atoms with Gasteiger partial charge in [-0.25, -0.2) is 4.68 Å². The lowest BCUT2D eigenvalue weighted by Crippen LogP contribution is -2.11. The number of nitrogen functional groups attached to an aromatic ring is 1. The summed E-state index contributed by atoms with van der Waals surface area (Å²) in [6.07, 6.45) is 0. The van der Waals surface area contributed by atoms with Crippen molar-refractivity contribution in [1.29, 1.82) is 5.26 Å². The second-order valence-corrected chi connectivity index (χ2v) is 4.43. The fourth-order valence-electron chi connectivity index (χ4n) is 1.89. The largest absolute Gasteiger partial charge is 0.494 e. The molecule has 6 nitrogen and oxygen atoms in total. The van der Waals surface area contributed by atoms with Crippen molar-refractivity contribution in [2.75, 3.05) is 31.3 Å². The number of nitrogens with two attached hydrogens (primary N) is 1. The summed E-state index contributed by atoms with van der Waals surface area (Å²) < 4.78 is 6.95. The molecule has 0 aliphatic rings. The molecule has 1 aromatic heterocycles. The third kappa shape index (κ3) is 2.38. The first kappa shape index (κ1) is 13.7. The van der Waals surface area contributed by atoms with Gasteiger partial charge in [0.15, 0.2) is 5.82 Å². The average molecular weight is 271 g/mol. The zero-order chi connectivity index (χ0) is 14.7. The van der Waals surface area contributed by atoms with Gasteiger partial charge in [-0.3, -0.25) is 0 Å². The van der Waals surface area contributed by atoms with Crippen LogP contribution in [-0.4, -0.2) is 30.5 Å². The van der Waals surface area contributed by atoms with E-state index in [0.717, 1.165) is 11.4 Å². The van der Waals surface area contributed by atoms with E-state index in [1.165, 1.54) is 0 Å². The molecule has 20 heavy (non-hydrogen) atoms. The number of nitrogens with zero attached hydrogens (tertiary/aromatic N) is 4. The molecule has 1 aromatic carbocycles. The molecule has 0 bridgehead atoms. The molecular formula is C14H17N5O. The monoisotopic (exact) mass is 271 g/mol. The molecule has 0 fully saturated rings. The standard InChI is InChI=1S/C14H17N5O/c1-4-20-11-7-5-10(6-8-11)19-13(16)12(9-15)14(17-19)18(2)3/h5-8H,4,16H2,1-3H3. The van der Waals surface area contributed by atoms with Gasteiger partial charge in [0.1, 0.15) is 23.2 Å². The summed E-state index contributed by atoms with van der Waals surface area (Å²) >= 11 is 0. The van der Waals surface area contributed by atoms with Crippen molar-refractivity contribution in [1.82, 2.24) is 9.78 Å². The van der Waals surface area contributed by atoms with E-state index in [4.69, 9.17) is 10.5 Å². The zero-order valence-electron chi connectivity index (χ0n) is 11.8. The van der Waals surface area contributed by atoms with E-state index in [-0.39, 0.29) is 0 Å². The summed E-state index contributed by atoms with van der Waals surface area (Å²) in [5, 5.41) is 13.6. The summed E-state index contributed by atoms with van der Waals surface area (Å²) in [6.45, 7) is 2.55. The maximum atomic E-state index is 9.19.